The average Bonchev–Trinajstić information content (AvgIpc) is 2.89. The van der Waals surface area contributed by atoms with Gasteiger partial charge in [0.05, 0.1) is 4.88 Å². The van der Waals surface area contributed by atoms with Gasteiger partial charge in [-0.15, -0.1) is 11.3 Å². The van der Waals surface area contributed by atoms with E-state index in [1.165, 1.54) is 16.9 Å². The van der Waals surface area contributed by atoms with Crippen molar-refractivity contribution in [2.24, 2.45) is 5.73 Å². The van der Waals surface area contributed by atoms with Crippen LogP contribution < -0.4 is 11.1 Å². The van der Waals surface area contributed by atoms with E-state index in [2.05, 4.69) is 17.4 Å². The zero-order chi connectivity index (χ0) is 12.8. The van der Waals surface area contributed by atoms with Crippen LogP contribution in [-0.2, 0) is 13.0 Å². The summed E-state index contributed by atoms with van der Waals surface area (Å²) in [7, 11) is 0. The van der Waals surface area contributed by atoms with Gasteiger partial charge < -0.3 is 11.1 Å². The number of hydrogen-bond acceptors (Lipinski definition) is 3. The van der Waals surface area contributed by atoms with Crippen LogP contribution in [0.1, 0.15) is 20.1 Å². The lowest BCUT2D eigenvalue weighted by Gasteiger charge is -2.03. The molecule has 0 saturated carbocycles. The second-order valence-electron chi connectivity index (χ2n) is 3.96. The lowest BCUT2D eigenvalue weighted by molar-refractivity contribution is 0.0958. The van der Waals surface area contributed by atoms with E-state index in [-0.39, 0.29) is 5.91 Å². The summed E-state index contributed by atoms with van der Waals surface area (Å²) in [6.45, 7) is 1.14. The summed E-state index contributed by atoms with van der Waals surface area (Å²) in [6.07, 6.45) is 0.849. The summed E-state index contributed by atoms with van der Waals surface area (Å²) in [5.41, 5.74) is 6.75. The topological polar surface area (TPSA) is 55.1 Å². The maximum Gasteiger partial charge on any atom is 0.261 e. The van der Waals surface area contributed by atoms with E-state index in [0.717, 1.165) is 16.2 Å². The highest BCUT2D eigenvalue weighted by atomic mass is 32.1. The van der Waals surface area contributed by atoms with Crippen LogP contribution in [0.2, 0.25) is 0 Å². The van der Waals surface area contributed by atoms with Gasteiger partial charge in [-0.3, -0.25) is 4.79 Å². The molecule has 1 aromatic heterocycles. The number of nitrogens with one attached hydrogen (secondary N) is 1. The molecule has 1 aromatic carbocycles. The van der Waals surface area contributed by atoms with E-state index < -0.39 is 0 Å². The minimum absolute atomic E-state index is 0.0179. The summed E-state index contributed by atoms with van der Waals surface area (Å²) in [5, 5.41) is 2.92. The summed E-state index contributed by atoms with van der Waals surface area (Å²) < 4.78 is 0. The Kier molecular flexibility index (Phi) is 4.50. The second kappa shape index (κ2) is 6.33. The van der Waals surface area contributed by atoms with Gasteiger partial charge >= 0.3 is 0 Å². The lowest BCUT2D eigenvalue weighted by Crippen LogP contribution is -2.24. The van der Waals surface area contributed by atoms with Gasteiger partial charge in [-0.05, 0) is 24.1 Å². The first-order chi connectivity index (χ1) is 8.79. The highest BCUT2D eigenvalue weighted by molar-refractivity contribution is 7.14. The van der Waals surface area contributed by atoms with E-state index in [1.54, 1.807) is 0 Å². The Labute approximate surface area is 111 Å². The van der Waals surface area contributed by atoms with Gasteiger partial charge in [0.2, 0.25) is 0 Å². The SMILES string of the molecule is NCc1ccc(C(=O)NCCc2ccccc2)s1. The van der Waals surface area contributed by atoms with Gasteiger partial charge in [-0.25, -0.2) is 0 Å². The molecule has 1 amide bonds. The minimum Gasteiger partial charge on any atom is -0.351 e. The predicted octanol–water partition coefficient (Wildman–Crippen LogP) is 2.18. The van der Waals surface area contributed by atoms with Crippen LogP contribution in [0, 0.1) is 0 Å². The monoisotopic (exact) mass is 260 g/mol. The summed E-state index contributed by atoms with van der Waals surface area (Å²) >= 11 is 1.45. The molecule has 4 heteroatoms. The van der Waals surface area contributed by atoms with Crippen molar-refractivity contribution >= 4 is 17.2 Å². The first-order valence-electron chi connectivity index (χ1n) is 5.90. The molecule has 0 aliphatic rings. The number of hydrogen-bond donors (Lipinski definition) is 2. The van der Waals surface area contributed by atoms with Crippen molar-refractivity contribution < 1.29 is 4.79 Å². The maximum atomic E-state index is 11.8. The molecule has 0 fully saturated rings. The van der Waals surface area contributed by atoms with Gasteiger partial charge in [0, 0.05) is 18.0 Å². The van der Waals surface area contributed by atoms with E-state index in [4.69, 9.17) is 5.73 Å². The van der Waals surface area contributed by atoms with E-state index >= 15 is 0 Å². The molecule has 2 aromatic rings. The molecule has 0 spiro atoms. The van der Waals surface area contributed by atoms with Crippen molar-refractivity contribution in [1.82, 2.24) is 5.32 Å². The number of carbonyl (C=O) groups is 1. The molecule has 2 rings (SSSR count). The summed E-state index contributed by atoms with van der Waals surface area (Å²) in [4.78, 5) is 13.6. The molecule has 0 aliphatic carbocycles. The predicted molar refractivity (Wildman–Crippen MR) is 74.7 cm³/mol. The molecular formula is C14H16N2OS. The van der Waals surface area contributed by atoms with Crippen LogP contribution in [0.5, 0.6) is 0 Å². The van der Waals surface area contributed by atoms with E-state index in [9.17, 15) is 4.79 Å². The standard InChI is InChI=1S/C14H16N2OS/c15-10-12-6-7-13(18-12)14(17)16-9-8-11-4-2-1-3-5-11/h1-7H,8-10,15H2,(H,16,17). The Bertz CT molecular complexity index is 508. The normalized spacial score (nSPS) is 10.3. The molecule has 1 heterocycles. The number of thiophene rings is 1. The molecule has 94 valence electrons. The van der Waals surface area contributed by atoms with Crippen molar-refractivity contribution in [3.63, 3.8) is 0 Å². The Morgan fingerprint density at radius 1 is 1.17 bits per heavy atom. The van der Waals surface area contributed by atoms with Crippen LogP contribution in [-0.4, -0.2) is 12.5 Å². The smallest absolute Gasteiger partial charge is 0.261 e. The molecule has 3 nitrogen and oxygen atoms in total. The highest BCUT2D eigenvalue weighted by Crippen LogP contribution is 2.15. The summed E-state index contributed by atoms with van der Waals surface area (Å²) in [6, 6.07) is 13.8. The van der Waals surface area contributed by atoms with Crippen LogP contribution in [0.25, 0.3) is 0 Å². The fraction of sp³-hybridized carbons (Fsp3) is 0.214. The minimum atomic E-state index is -0.0179. The van der Waals surface area contributed by atoms with Crippen molar-refractivity contribution in [2.45, 2.75) is 13.0 Å². The van der Waals surface area contributed by atoms with Crippen LogP contribution in [0.3, 0.4) is 0 Å². The largest absolute Gasteiger partial charge is 0.351 e. The second-order valence-corrected chi connectivity index (χ2v) is 5.13. The van der Waals surface area contributed by atoms with Crippen molar-refractivity contribution in [2.75, 3.05) is 6.54 Å². The number of carbonyl (C=O) groups excluding carboxylic acids is 1. The van der Waals surface area contributed by atoms with Crippen molar-refractivity contribution in [3.05, 3.63) is 57.8 Å². The molecule has 18 heavy (non-hydrogen) atoms. The number of rotatable bonds is 5. The quantitative estimate of drug-likeness (QED) is 0.865. The van der Waals surface area contributed by atoms with Gasteiger partial charge in [-0.2, -0.15) is 0 Å². The van der Waals surface area contributed by atoms with Gasteiger partial charge in [0.1, 0.15) is 0 Å². The third-order valence-corrected chi connectivity index (χ3v) is 3.74. The average molecular weight is 260 g/mol. The molecule has 0 radical (unpaired) electrons. The number of benzene rings is 1. The highest BCUT2D eigenvalue weighted by Gasteiger charge is 2.07. The van der Waals surface area contributed by atoms with E-state index in [1.807, 2.05) is 30.3 Å². The Morgan fingerprint density at radius 3 is 2.61 bits per heavy atom. The lowest BCUT2D eigenvalue weighted by atomic mass is 10.1. The summed E-state index contributed by atoms with van der Waals surface area (Å²) in [5.74, 6) is -0.0179. The zero-order valence-corrected chi connectivity index (χ0v) is 10.9. The molecule has 0 saturated heterocycles. The number of nitrogens with two attached hydrogens (primary N) is 1. The third kappa shape index (κ3) is 3.42. The van der Waals surface area contributed by atoms with Crippen LogP contribution in [0.4, 0.5) is 0 Å². The fourth-order valence-corrected chi connectivity index (χ4v) is 2.46. The van der Waals surface area contributed by atoms with Gasteiger partial charge in [0.25, 0.3) is 5.91 Å². The molecular weight excluding hydrogens is 244 g/mol. The Hall–Kier alpha value is -1.65. The molecule has 0 bridgehead atoms. The van der Waals surface area contributed by atoms with Crippen molar-refractivity contribution in [3.8, 4) is 0 Å². The maximum absolute atomic E-state index is 11.8. The van der Waals surface area contributed by atoms with Gasteiger partial charge in [-0.1, -0.05) is 30.3 Å². The first kappa shape index (κ1) is 12.8. The van der Waals surface area contributed by atoms with Crippen LogP contribution >= 0.6 is 11.3 Å². The zero-order valence-electron chi connectivity index (χ0n) is 10.1. The van der Waals surface area contributed by atoms with Crippen LogP contribution in [0.15, 0.2) is 42.5 Å². The molecule has 0 unspecified atom stereocenters. The Morgan fingerprint density at radius 2 is 1.94 bits per heavy atom. The molecule has 0 atom stereocenters. The Balaban J connectivity index is 1.81. The first-order valence-corrected chi connectivity index (χ1v) is 6.72. The van der Waals surface area contributed by atoms with Gasteiger partial charge in [0.15, 0.2) is 0 Å². The molecule has 3 N–H and O–H groups in total. The van der Waals surface area contributed by atoms with E-state index in [0.29, 0.717) is 13.1 Å². The van der Waals surface area contributed by atoms with Crippen molar-refractivity contribution in [1.29, 1.82) is 0 Å². The third-order valence-electron chi connectivity index (χ3n) is 2.63. The molecule has 0 aliphatic heterocycles. The number of amides is 1. The fourth-order valence-electron chi connectivity index (χ4n) is 1.66.